The fraction of sp³-hybridized carbons (Fsp3) is 0.0870. The predicted octanol–water partition coefficient (Wildman–Crippen LogP) is 3.33. The highest BCUT2D eigenvalue weighted by Gasteiger charge is 2.37. The number of ketones is 2. The largest absolute Gasteiger partial charge is 0.476 e. The Kier molecular flexibility index (Phi) is 4.03. The lowest BCUT2D eigenvalue weighted by molar-refractivity contribution is 0.0689. The van der Waals surface area contributed by atoms with E-state index in [1.807, 2.05) is 36.4 Å². The van der Waals surface area contributed by atoms with E-state index in [1.54, 1.807) is 0 Å². The van der Waals surface area contributed by atoms with Crippen molar-refractivity contribution in [1.29, 1.82) is 0 Å². The average molecular weight is 397 g/mol. The van der Waals surface area contributed by atoms with Gasteiger partial charge in [0.05, 0.1) is 11.8 Å². The minimum absolute atomic E-state index is 0.0506. The number of nitrogens with zero attached hydrogens (tertiary/aromatic N) is 3. The third kappa shape index (κ3) is 2.79. The maximum atomic E-state index is 12.7. The number of aromatic nitrogens is 2. The number of aromatic carboxylic acids is 1. The van der Waals surface area contributed by atoms with Gasteiger partial charge in [-0.25, -0.2) is 14.8 Å². The number of Topliss-reactive ketones (excluding diaryl/α,β-unsaturated/α-hetero) is 2. The number of fused-ring (bicyclic) bond motifs is 2. The molecule has 1 aromatic heterocycles. The van der Waals surface area contributed by atoms with E-state index in [2.05, 4.69) is 27.0 Å². The van der Waals surface area contributed by atoms with Crippen LogP contribution in [0.5, 0.6) is 0 Å². The van der Waals surface area contributed by atoms with Crippen LogP contribution in [-0.2, 0) is 6.42 Å². The van der Waals surface area contributed by atoms with Crippen molar-refractivity contribution in [3.63, 3.8) is 0 Å². The molecule has 0 unspecified atom stereocenters. The molecule has 0 amide bonds. The second-order valence-corrected chi connectivity index (χ2v) is 7.10. The summed E-state index contributed by atoms with van der Waals surface area (Å²) < 4.78 is 0. The van der Waals surface area contributed by atoms with Crippen LogP contribution >= 0.6 is 0 Å². The summed E-state index contributed by atoms with van der Waals surface area (Å²) in [5, 5.41) is 9.05. The van der Waals surface area contributed by atoms with Crippen molar-refractivity contribution in [3.8, 4) is 0 Å². The van der Waals surface area contributed by atoms with Gasteiger partial charge in [-0.2, -0.15) is 0 Å². The van der Waals surface area contributed by atoms with Gasteiger partial charge in [-0.3, -0.25) is 9.59 Å². The van der Waals surface area contributed by atoms with Crippen LogP contribution in [0.4, 0.5) is 11.4 Å². The van der Waals surface area contributed by atoms with Crippen LogP contribution in [0, 0.1) is 0 Å². The molecule has 3 aromatic rings. The zero-order valence-electron chi connectivity index (χ0n) is 15.7. The molecule has 1 aliphatic carbocycles. The molecule has 30 heavy (non-hydrogen) atoms. The summed E-state index contributed by atoms with van der Waals surface area (Å²) in [6.07, 6.45) is 3.37. The number of para-hydroxylation sites is 1. The van der Waals surface area contributed by atoms with Gasteiger partial charge in [0.15, 0.2) is 5.69 Å². The smallest absolute Gasteiger partial charge is 0.356 e. The van der Waals surface area contributed by atoms with Gasteiger partial charge in [-0.15, -0.1) is 0 Å². The van der Waals surface area contributed by atoms with Crippen molar-refractivity contribution in [2.24, 2.45) is 0 Å². The van der Waals surface area contributed by atoms with Crippen molar-refractivity contribution < 1.29 is 19.5 Å². The summed E-state index contributed by atoms with van der Waals surface area (Å²) in [6.45, 7) is 0.856. The van der Waals surface area contributed by atoms with E-state index in [0.29, 0.717) is 0 Å². The molecule has 2 aliphatic rings. The Morgan fingerprint density at radius 2 is 1.80 bits per heavy atom. The van der Waals surface area contributed by atoms with Crippen LogP contribution in [0.15, 0.2) is 60.3 Å². The average Bonchev–Trinajstić information content (AvgIpc) is 3.29. The van der Waals surface area contributed by atoms with Gasteiger partial charge in [-0.1, -0.05) is 24.3 Å². The van der Waals surface area contributed by atoms with E-state index in [4.69, 9.17) is 5.11 Å². The molecule has 1 aliphatic heterocycles. The lowest BCUT2D eigenvalue weighted by Crippen LogP contribution is -2.12. The lowest BCUT2D eigenvalue weighted by Gasteiger charge is -2.19. The van der Waals surface area contributed by atoms with Gasteiger partial charge in [0.1, 0.15) is 11.4 Å². The summed E-state index contributed by atoms with van der Waals surface area (Å²) in [4.78, 5) is 46.2. The molecule has 0 fully saturated rings. The quantitative estimate of drug-likeness (QED) is 0.534. The maximum Gasteiger partial charge on any atom is 0.356 e. The molecule has 2 heterocycles. The van der Waals surface area contributed by atoms with Crippen LogP contribution in [0.3, 0.4) is 0 Å². The SMILES string of the molecule is O=C(O)c1cnc2c(n1)C(=O)/C(=C\c1ccc3c(c1)CCN3c1ccccc1)C2=O. The molecule has 7 nitrogen and oxygen atoms in total. The molecular weight excluding hydrogens is 382 g/mol. The standard InChI is InChI=1S/C23H15N3O4/c27-21-16(22(28)20-19(21)24-12-17(25-20)23(29)30)11-13-6-7-18-14(10-13)8-9-26(18)15-4-2-1-3-5-15/h1-7,10-12H,8-9H2,(H,29,30)/b16-11-. The van der Waals surface area contributed by atoms with Crippen LogP contribution < -0.4 is 4.90 Å². The third-order valence-corrected chi connectivity index (χ3v) is 5.29. The number of carbonyl (C=O) groups is 3. The highest BCUT2D eigenvalue weighted by Crippen LogP contribution is 2.35. The van der Waals surface area contributed by atoms with Crippen LogP contribution in [0.1, 0.15) is 42.6 Å². The molecule has 146 valence electrons. The Bertz CT molecular complexity index is 1260. The molecule has 5 rings (SSSR count). The maximum absolute atomic E-state index is 12.7. The molecular formula is C23H15N3O4. The second kappa shape index (κ2) is 6.73. The molecule has 0 atom stereocenters. The first kappa shape index (κ1) is 17.9. The minimum atomic E-state index is -1.30. The molecule has 7 heteroatoms. The Hall–Kier alpha value is -4.13. The topological polar surface area (TPSA) is 100 Å². The Morgan fingerprint density at radius 3 is 2.57 bits per heavy atom. The zero-order valence-corrected chi connectivity index (χ0v) is 15.7. The van der Waals surface area contributed by atoms with Gasteiger partial charge in [-0.05, 0) is 47.9 Å². The number of benzene rings is 2. The first-order valence-electron chi connectivity index (χ1n) is 9.40. The lowest BCUT2D eigenvalue weighted by atomic mass is 10.0. The number of carboxylic acid groups (broad SMARTS) is 1. The number of allylic oxidation sites excluding steroid dienone is 1. The first-order valence-corrected chi connectivity index (χ1v) is 9.40. The summed E-state index contributed by atoms with van der Waals surface area (Å²) in [5.41, 5.74) is 3.35. The number of hydrogen-bond acceptors (Lipinski definition) is 6. The van der Waals surface area contributed by atoms with Gasteiger partial charge in [0.25, 0.3) is 0 Å². The van der Waals surface area contributed by atoms with Crippen LogP contribution in [-0.4, -0.2) is 39.2 Å². The van der Waals surface area contributed by atoms with Gasteiger partial charge in [0.2, 0.25) is 11.6 Å². The minimum Gasteiger partial charge on any atom is -0.476 e. The van der Waals surface area contributed by atoms with E-state index >= 15 is 0 Å². The van der Waals surface area contributed by atoms with E-state index in [1.165, 1.54) is 6.08 Å². The van der Waals surface area contributed by atoms with Crippen molar-refractivity contribution in [1.82, 2.24) is 9.97 Å². The van der Waals surface area contributed by atoms with Gasteiger partial charge in [0, 0.05) is 17.9 Å². The number of rotatable bonds is 3. The molecule has 1 N–H and O–H groups in total. The fourth-order valence-corrected chi connectivity index (χ4v) is 3.86. The summed E-state index contributed by atoms with van der Waals surface area (Å²) in [5.74, 6) is -2.44. The van der Waals surface area contributed by atoms with Crippen LogP contribution in [0.25, 0.3) is 6.08 Å². The molecule has 0 saturated carbocycles. The number of hydrogen-bond donors (Lipinski definition) is 1. The molecule has 0 saturated heterocycles. The Morgan fingerprint density at radius 1 is 1.03 bits per heavy atom. The first-order chi connectivity index (χ1) is 14.5. The van der Waals surface area contributed by atoms with E-state index in [9.17, 15) is 14.4 Å². The molecule has 0 radical (unpaired) electrons. The van der Waals surface area contributed by atoms with Crippen molar-refractivity contribution >= 4 is 35.0 Å². The highest BCUT2D eigenvalue weighted by atomic mass is 16.4. The molecule has 0 spiro atoms. The third-order valence-electron chi connectivity index (χ3n) is 5.29. The number of carbonyl (C=O) groups excluding carboxylic acids is 2. The summed E-state index contributed by atoms with van der Waals surface area (Å²) in [7, 11) is 0. The van der Waals surface area contributed by atoms with Crippen LogP contribution in [0.2, 0.25) is 0 Å². The van der Waals surface area contributed by atoms with Crippen molar-refractivity contribution in [2.45, 2.75) is 6.42 Å². The Labute approximate surface area is 171 Å². The van der Waals surface area contributed by atoms with E-state index < -0.39 is 17.5 Å². The number of anilines is 2. The molecule has 2 aromatic carbocycles. The van der Waals surface area contributed by atoms with Crippen molar-refractivity contribution in [2.75, 3.05) is 11.4 Å². The van der Waals surface area contributed by atoms with E-state index in [0.717, 1.165) is 41.7 Å². The highest BCUT2D eigenvalue weighted by molar-refractivity contribution is 6.40. The monoisotopic (exact) mass is 397 g/mol. The summed E-state index contributed by atoms with van der Waals surface area (Å²) in [6, 6.07) is 15.9. The predicted molar refractivity (Wildman–Crippen MR) is 109 cm³/mol. The second-order valence-electron chi connectivity index (χ2n) is 7.10. The van der Waals surface area contributed by atoms with E-state index in [-0.39, 0.29) is 22.7 Å². The summed E-state index contributed by atoms with van der Waals surface area (Å²) >= 11 is 0. The van der Waals surface area contributed by atoms with Gasteiger partial charge < -0.3 is 10.0 Å². The Balaban J connectivity index is 1.48. The normalized spacial score (nSPS) is 16.1. The number of carboxylic acids is 1. The fourth-order valence-electron chi connectivity index (χ4n) is 3.86. The van der Waals surface area contributed by atoms with Crippen molar-refractivity contribution in [3.05, 3.63) is 88.5 Å². The zero-order chi connectivity index (χ0) is 20.8. The van der Waals surface area contributed by atoms with Gasteiger partial charge >= 0.3 is 5.97 Å². The molecule has 0 bridgehead atoms.